The first-order chi connectivity index (χ1) is 12.2. The van der Waals surface area contributed by atoms with Crippen molar-refractivity contribution in [2.24, 2.45) is 0 Å². The minimum Gasteiger partial charge on any atom is -0.345 e. The number of hydrogen-bond acceptors (Lipinski definition) is 5. The summed E-state index contributed by atoms with van der Waals surface area (Å²) in [5.74, 6) is 0. The first-order valence-electron chi connectivity index (χ1n) is 8.36. The summed E-state index contributed by atoms with van der Waals surface area (Å²) in [6, 6.07) is 10.4. The van der Waals surface area contributed by atoms with Gasteiger partial charge in [0.1, 0.15) is 0 Å². The van der Waals surface area contributed by atoms with Crippen molar-refractivity contribution in [2.75, 3.05) is 31.1 Å². The van der Waals surface area contributed by atoms with Crippen molar-refractivity contribution in [1.82, 2.24) is 15.2 Å². The van der Waals surface area contributed by atoms with Gasteiger partial charge in [-0.2, -0.15) is 0 Å². The lowest BCUT2D eigenvalue weighted by molar-refractivity contribution is 0.194. The number of carbonyl (C=O) groups is 1. The van der Waals surface area contributed by atoms with Gasteiger partial charge in [-0.15, -0.1) is 11.3 Å². The number of amides is 2. The largest absolute Gasteiger partial charge is 0.345 e. The van der Waals surface area contributed by atoms with Gasteiger partial charge in [-0.25, -0.2) is 9.78 Å². The van der Waals surface area contributed by atoms with Gasteiger partial charge in [0.2, 0.25) is 0 Å². The highest BCUT2D eigenvalue weighted by Crippen LogP contribution is 2.30. The van der Waals surface area contributed by atoms with Crippen molar-refractivity contribution in [3.8, 4) is 0 Å². The number of nitrogens with zero attached hydrogens (tertiary/aromatic N) is 3. The van der Waals surface area contributed by atoms with Crippen LogP contribution in [-0.2, 0) is 6.54 Å². The first kappa shape index (κ1) is 16.4. The van der Waals surface area contributed by atoms with Gasteiger partial charge in [0.15, 0.2) is 5.13 Å². The van der Waals surface area contributed by atoms with Crippen molar-refractivity contribution in [1.29, 1.82) is 0 Å². The highest BCUT2D eigenvalue weighted by Gasteiger charge is 2.23. The number of piperazine rings is 1. The quantitative estimate of drug-likeness (QED) is 0.763. The van der Waals surface area contributed by atoms with E-state index in [1.54, 1.807) is 22.7 Å². The first-order valence-corrected chi connectivity index (χ1v) is 10.1. The van der Waals surface area contributed by atoms with E-state index < -0.39 is 0 Å². The Morgan fingerprint density at radius 2 is 2.08 bits per heavy atom. The van der Waals surface area contributed by atoms with Crippen LogP contribution in [0.5, 0.6) is 0 Å². The van der Waals surface area contributed by atoms with Crippen LogP contribution in [-0.4, -0.2) is 42.1 Å². The summed E-state index contributed by atoms with van der Waals surface area (Å²) < 4.78 is 1.23. The molecule has 0 bridgehead atoms. The number of nitrogens with one attached hydrogen (secondary N) is 1. The molecule has 0 spiro atoms. The van der Waals surface area contributed by atoms with E-state index in [9.17, 15) is 4.79 Å². The van der Waals surface area contributed by atoms with Gasteiger partial charge < -0.3 is 15.1 Å². The van der Waals surface area contributed by atoms with E-state index in [4.69, 9.17) is 4.98 Å². The summed E-state index contributed by atoms with van der Waals surface area (Å²) in [6.07, 6.45) is 0. The van der Waals surface area contributed by atoms with E-state index >= 15 is 0 Å². The van der Waals surface area contributed by atoms with E-state index in [1.807, 2.05) is 22.4 Å². The molecule has 2 amide bonds. The molecule has 1 aromatic carbocycles. The van der Waals surface area contributed by atoms with Crippen LogP contribution < -0.4 is 10.2 Å². The average Bonchev–Trinajstić information content (AvgIpc) is 3.29. The molecule has 1 aliphatic heterocycles. The number of fused-ring (bicyclic) bond motifs is 1. The van der Waals surface area contributed by atoms with Gasteiger partial charge in [-0.05, 0) is 36.1 Å². The number of anilines is 1. The molecule has 0 aliphatic carbocycles. The maximum absolute atomic E-state index is 12.3. The molecule has 0 unspecified atom stereocenters. The summed E-state index contributed by atoms with van der Waals surface area (Å²) in [4.78, 5) is 22.4. The standard InChI is InChI=1S/C18H20N4OS2/c1-13-4-5-15-16(11-13)25-18(20-15)22-8-6-21(7-9-22)17(23)19-12-14-3-2-10-24-14/h2-5,10-11H,6-9,12H2,1H3,(H,19,23). The van der Waals surface area contributed by atoms with E-state index in [2.05, 4.69) is 35.3 Å². The van der Waals surface area contributed by atoms with Crippen LogP contribution in [0.15, 0.2) is 35.7 Å². The second kappa shape index (κ2) is 7.01. The van der Waals surface area contributed by atoms with Gasteiger partial charge >= 0.3 is 6.03 Å². The summed E-state index contributed by atoms with van der Waals surface area (Å²) in [6.45, 7) is 5.81. The van der Waals surface area contributed by atoms with Gasteiger partial charge in [-0.3, -0.25) is 0 Å². The number of thiazole rings is 1. The second-order valence-electron chi connectivity index (χ2n) is 6.18. The van der Waals surface area contributed by atoms with Gasteiger partial charge in [0.25, 0.3) is 0 Å². The molecule has 25 heavy (non-hydrogen) atoms. The van der Waals surface area contributed by atoms with E-state index in [0.717, 1.165) is 36.8 Å². The van der Waals surface area contributed by atoms with Gasteiger partial charge in [-0.1, -0.05) is 23.5 Å². The fourth-order valence-electron chi connectivity index (χ4n) is 2.94. The molecule has 0 radical (unpaired) electrons. The lowest BCUT2D eigenvalue weighted by Crippen LogP contribution is -2.51. The Morgan fingerprint density at radius 1 is 1.24 bits per heavy atom. The minimum absolute atomic E-state index is 0.0213. The van der Waals surface area contributed by atoms with Crippen LogP contribution in [0.3, 0.4) is 0 Å². The van der Waals surface area contributed by atoms with Crippen molar-refractivity contribution >= 4 is 44.1 Å². The maximum Gasteiger partial charge on any atom is 0.317 e. The summed E-state index contributed by atoms with van der Waals surface area (Å²) in [7, 11) is 0. The molecule has 0 atom stereocenters. The normalized spacial score (nSPS) is 14.9. The van der Waals surface area contributed by atoms with Gasteiger partial charge in [0.05, 0.1) is 16.8 Å². The molecular formula is C18H20N4OS2. The number of hydrogen-bond donors (Lipinski definition) is 1. The van der Waals surface area contributed by atoms with E-state index in [0.29, 0.717) is 6.54 Å². The minimum atomic E-state index is 0.0213. The van der Waals surface area contributed by atoms with Crippen LogP contribution in [0.1, 0.15) is 10.4 Å². The van der Waals surface area contributed by atoms with Crippen molar-refractivity contribution in [3.63, 3.8) is 0 Å². The molecule has 1 fully saturated rings. The summed E-state index contributed by atoms with van der Waals surface area (Å²) in [5.41, 5.74) is 2.32. The molecule has 0 saturated carbocycles. The van der Waals surface area contributed by atoms with Crippen molar-refractivity contribution in [3.05, 3.63) is 46.2 Å². The van der Waals surface area contributed by atoms with Crippen molar-refractivity contribution in [2.45, 2.75) is 13.5 Å². The number of urea groups is 1. The van der Waals surface area contributed by atoms with Crippen LogP contribution in [0, 0.1) is 6.92 Å². The number of rotatable bonds is 3. The lowest BCUT2D eigenvalue weighted by atomic mass is 10.2. The van der Waals surface area contributed by atoms with E-state index in [-0.39, 0.29) is 6.03 Å². The topological polar surface area (TPSA) is 48.5 Å². The zero-order valence-corrected chi connectivity index (χ0v) is 15.7. The molecule has 130 valence electrons. The Kier molecular flexibility index (Phi) is 4.59. The SMILES string of the molecule is Cc1ccc2nc(N3CCN(C(=O)NCc4cccs4)CC3)sc2c1. The maximum atomic E-state index is 12.3. The molecule has 3 aromatic rings. The molecular weight excluding hydrogens is 352 g/mol. The number of aromatic nitrogens is 1. The molecule has 1 N–H and O–H groups in total. The highest BCUT2D eigenvalue weighted by atomic mass is 32.1. The monoisotopic (exact) mass is 372 g/mol. The number of carbonyl (C=O) groups excluding carboxylic acids is 1. The summed E-state index contributed by atoms with van der Waals surface area (Å²) >= 11 is 3.40. The number of benzene rings is 1. The van der Waals surface area contributed by atoms with E-state index in [1.165, 1.54) is 15.1 Å². The van der Waals surface area contributed by atoms with Crippen LogP contribution in [0.25, 0.3) is 10.2 Å². The molecule has 4 rings (SSSR count). The van der Waals surface area contributed by atoms with Crippen molar-refractivity contribution < 1.29 is 4.79 Å². The molecule has 1 aliphatic rings. The predicted octanol–water partition coefficient (Wildman–Crippen LogP) is 3.70. The van der Waals surface area contributed by atoms with Gasteiger partial charge in [0, 0.05) is 31.1 Å². The second-order valence-corrected chi connectivity index (χ2v) is 8.22. The third-order valence-electron chi connectivity index (χ3n) is 4.36. The Hall–Kier alpha value is -2.12. The Morgan fingerprint density at radius 3 is 2.84 bits per heavy atom. The third-order valence-corrected chi connectivity index (χ3v) is 6.32. The highest BCUT2D eigenvalue weighted by molar-refractivity contribution is 7.22. The molecule has 2 aromatic heterocycles. The smallest absolute Gasteiger partial charge is 0.317 e. The predicted molar refractivity (Wildman–Crippen MR) is 105 cm³/mol. The average molecular weight is 373 g/mol. The Balaban J connectivity index is 1.34. The fourth-order valence-corrected chi connectivity index (χ4v) is 4.70. The lowest BCUT2D eigenvalue weighted by Gasteiger charge is -2.34. The molecule has 1 saturated heterocycles. The van der Waals surface area contributed by atoms with Crippen LogP contribution >= 0.6 is 22.7 Å². The zero-order chi connectivity index (χ0) is 17.2. The summed E-state index contributed by atoms with van der Waals surface area (Å²) in [5, 5.41) is 6.09. The van der Waals surface area contributed by atoms with Crippen LogP contribution in [0.4, 0.5) is 9.93 Å². The fraction of sp³-hybridized carbons (Fsp3) is 0.333. The Labute approximate surface area is 154 Å². The third kappa shape index (κ3) is 3.62. The van der Waals surface area contributed by atoms with Crippen LogP contribution in [0.2, 0.25) is 0 Å². The molecule has 5 nitrogen and oxygen atoms in total. The number of thiophene rings is 1. The number of aryl methyl sites for hydroxylation is 1. The zero-order valence-electron chi connectivity index (χ0n) is 14.1. The molecule has 3 heterocycles. The molecule has 7 heteroatoms. The Bertz CT molecular complexity index is 866.